The lowest BCUT2D eigenvalue weighted by Gasteiger charge is -2.41. The maximum absolute atomic E-state index is 16.8. The van der Waals surface area contributed by atoms with Crippen LogP contribution in [0.3, 0.4) is 0 Å². The van der Waals surface area contributed by atoms with Gasteiger partial charge in [0.15, 0.2) is 5.72 Å². The summed E-state index contributed by atoms with van der Waals surface area (Å²) in [4.78, 5) is 33.9. The summed E-state index contributed by atoms with van der Waals surface area (Å²) < 4.78 is 23.5. The summed E-state index contributed by atoms with van der Waals surface area (Å²) in [5.41, 5.74) is -2.16. The van der Waals surface area contributed by atoms with E-state index in [1.54, 1.807) is 54.3 Å². The Morgan fingerprint density at radius 2 is 1.89 bits per heavy atom. The van der Waals surface area contributed by atoms with Gasteiger partial charge in [0.2, 0.25) is 5.91 Å². The van der Waals surface area contributed by atoms with Gasteiger partial charge in [-0.05, 0) is 80.5 Å². The number of benzene rings is 2. The number of hydrogen-bond acceptors (Lipinski definition) is 7. The lowest BCUT2D eigenvalue weighted by Crippen LogP contribution is -2.48. The molecule has 1 saturated carbocycles. The first kappa shape index (κ1) is 32.1. The lowest BCUT2D eigenvalue weighted by atomic mass is 9.76. The van der Waals surface area contributed by atoms with E-state index in [1.807, 2.05) is 6.07 Å². The molecule has 3 aliphatic rings. The number of rotatable bonds is 9. The average Bonchev–Trinajstić information content (AvgIpc) is 3.81. The van der Waals surface area contributed by atoms with E-state index >= 15 is 4.39 Å². The fourth-order valence-corrected chi connectivity index (χ4v) is 6.87. The number of amides is 2. The number of pyridine rings is 1. The van der Waals surface area contributed by atoms with Crippen LogP contribution in [0.1, 0.15) is 77.8 Å². The van der Waals surface area contributed by atoms with Crippen LogP contribution < -0.4 is 0 Å². The molecule has 2 aromatic carbocycles. The van der Waals surface area contributed by atoms with E-state index in [0.717, 1.165) is 12.8 Å². The van der Waals surface area contributed by atoms with Gasteiger partial charge in [-0.1, -0.05) is 23.7 Å². The fraction of sp³-hybridized carbons (Fsp3) is 0.429. The van der Waals surface area contributed by atoms with Crippen LogP contribution in [0.4, 0.5) is 4.39 Å². The Labute approximate surface area is 272 Å². The van der Waals surface area contributed by atoms with Crippen molar-refractivity contribution in [2.45, 2.75) is 57.4 Å². The molecule has 2 aliphatic heterocycles. The van der Waals surface area contributed by atoms with Crippen LogP contribution in [-0.4, -0.2) is 63.1 Å². The Morgan fingerprint density at radius 3 is 2.46 bits per heavy atom. The number of aliphatic hydroxyl groups is 2. The molecule has 1 aliphatic carbocycles. The van der Waals surface area contributed by atoms with Gasteiger partial charge >= 0.3 is 0 Å². The third-order valence-electron chi connectivity index (χ3n) is 9.99. The number of halogens is 2. The molecule has 46 heavy (non-hydrogen) atoms. The summed E-state index contributed by atoms with van der Waals surface area (Å²) in [6.45, 7) is 3.96. The number of nitrogens with zero attached hydrogens (tertiary/aromatic N) is 4. The Hall–Kier alpha value is -3.88. The maximum atomic E-state index is 16.8. The number of carbonyl (C=O) groups is 2. The first-order valence-electron chi connectivity index (χ1n) is 15.4. The van der Waals surface area contributed by atoms with Crippen molar-refractivity contribution in [1.82, 2.24) is 14.8 Å². The standard InChI is InChI=1S/C35H36ClFN4O5/c1-22(43)40-13-9-24(10-14-40)33(2,45)26-15-29-31(30(37)16-26)35(25-4-6-27(36)7-5-25,46-21-34(20-42)11-12-34)41(32(29)44)19-28-8-3-23(17-38)18-39-28/h3-8,15-16,18,24,42,45H,9-14,19-21H2,1-2H3/t33?,35-/m1/s1. The van der Waals surface area contributed by atoms with Crippen LogP contribution in [0.25, 0.3) is 0 Å². The SMILES string of the molecule is CC(=O)N1CCC(C(C)(O)c2cc(F)c3c(c2)C(=O)N(Cc2ccc(C#N)cn2)[C@@]3(OCC2(CO)CC2)c2ccc(Cl)cc2)CC1. The third kappa shape index (κ3) is 5.56. The van der Waals surface area contributed by atoms with Crippen LogP contribution in [0, 0.1) is 28.5 Å². The van der Waals surface area contributed by atoms with Gasteiger partial charge in [0.05, 0.1) is 47.7 Å². The number of carbonyl (C=O) groups excluding carboxylic acids is 2. The molecular weight excluding hydrogens is 611 g/mol. The summed E-state index contributed by atoms with van der Waals surface area (Å²) in [6, 6.07) is 14.8. The molecule has 2 amide bonds. The zero-order valence-corrected chi connectivity index (χ0v) is 26.6. The average molecular weight is 647 g/mol. The zero-order chi connectivity index (χ0) is 32.9. The second-order valence-corrected chi connectivity index (χ2v) is 13.4. The highest BCUT2D eigenvalue weighted by Crippen LogP contribution is 2.52. The van der Waals surface area contributed by atoms with Crippen LogP contribution in [0.2, 0.25) is 5.02 Å². The molecule has 0 radical (unpaired) electrons. The monoisotopic (exact) mass is 646 g/mol. The van der Waals surface area contributed by atoms with Crippen molar-refractivity contribution in [1.29, 1.82) is 5.26 Å². The Balaban J connectivity index is 1.48. The number of piperidine rings is 1. The van der Waals surface area contributed by atoms with Crippen molar-refractivity contribution < 1.29 is 28.9 Å². The van der Waals surface area contributed by atoms with Crippen molar-refractivity contribution in [2.24, 2.45) is 11.3 Å². The topological polar surface area (TPSA) is 127 Å². The smallest absolute Gasteiger partial charge is 0.257 e. The van der Waals surface area contributed by atoms with Crippen LogP contribution in [0.15, 0.2) is 54.7 Å². The Bertz CT molecular complexity index is 1700. The molecule has 9 nitrogen and oxygen atoms in total. The number of likely N-dealkylation sites (tertiary alicyclic amines) is 1. The number of aliphatic hydroxyl groups excluding tert-OH is 1. The fourth-order valence-electron chi connectivity index (χ4n) is 6.75. The summed E-state index contributed by atoms with van der Waals surface area (Å²) in [5.74, 6) is -1.54. The normalized spacial score (nSPS) is 21.9. The summed E-state index contributed by atoms with van der Waals surface area (Å²) in [5, 5.41) is 31.7. The van der Waals surface area contributed by atoms with Gasteiger partial charge in [-0.15, -0.1) is 0 Å². The molecule has 0 spiro atoms. The minimum Gasteiger partial charge on any atom is -0.396 e. The van der Waals surface area contributed by atoms with Crippen LogP contribution in [-0.2, 0) is 27.4 Å². The number of aromatic nitrogens is 1. The lowest BCUT2D eigenvalue weighted by molar-refractivity contribution is -0.132. The first-order valence-corrected chi connectivity index (χ1v) is 15.8. The summed E-state index contributed by atoms with van der Waals surface area (Å²) >= 11 is 6.26. The minimum absolute atomic E-state index is 0.00755. The van der Waals surface area contributed by atoms with E-state index in [4.69, 9.17) is 16.3 Å². The van der Waals surface area contributed by atoms with Gasteiger partial charge in [-0.2, -0.15) is 5.26 Å². The highest BCUT2D eigenvalue weighted by Gasteiger charge is 2.57. The predicted octanol–water partition coefficient (Wildman–Crippen LogP) is 4.86. The van der Waals surface area contributed by atoms with Gasteiger partial charge in [0.25, 0.3) is 5.91 Å². The first-order chi connectivity index (χ1) is 21.9. The van der Waals surface area contributed by atoms with Crippen molar-refractivity contribution in [2.75, 3.05) is 26.3 Å². The molecule has 2 atom stereocenters. The van der Waals surface area contributed by atoms with E-state index < -0.39 is 28.5 Å². The number of nitriles is 1. The predicted molar refractivity (Wildman–Crippen MR) is 167 cm³/mol. The van der Waals surface area contributed by atoms with Crippen LogP contribution >= 0.6 is 11.6 Å². The number of hydrogen-bond donors (Lipinski definition) is 2. The Kier molecular flexibility index (Phi) is 8.40. The molecule has 2 fully saturated rings. The highest BCUT2D eigenvalue weighted by molar-refractivity contribution is 6.30. The van der Waals surface area contributed by atoms with Crippen molar-refractivity contribution in [3.05, 3.63) is 99.1 Å². The maximum Gasteiger partial charge on any atom is 0.257 e. The molecule has 11 heteroatoms. The molecule has 1 unspecified atom stereocenters. The van der Waals surface area contributed by atoms with Gasteiger partial charge in [-0.25, -0.2) is 4.39 Å². The van der Waals surface area contributed by atoms with E-state index in [2.05, 4.69) is 4.98 Å². The quantitative estimate of drug-likeness (QED) is 0.340. The molecule has 240 valence electrons. The van der Waals surface area contributed by atoms with E-state index in [1.165, 1.54) is 24.1 Å². The second kappa shape index (κ2) is 12.0. The van der Waals surface area contributed by atoms with Crippen molar-refractivity contribution >= 4 is 23.4 Å². The summed E-state index contributed by atoms with van der Waals surface area (Å²) in [7, 11) is 0. The van der Waals surface area contributed by atoms with Gasteiger partial charge in [0, 0.05) is 42.2 Å². The third-order valence-corrected chi connectivity index (χ3v) is 10.2. The summed E-state index contributed by atoms with van der Waals surface area (Å²) in [6.07, 6.45) is 3.91. The molecule has 2 N–H and O–H groups in total. The zero-order valence-electron chi connectivity index (χ0n) is 25.8. The molecule has 3 aromatic rings. The molecule has 0 bridgehead atoms. The van der Waals surface area contributed by atoms with Crippen LogP contribution in [0.5, 0.6) is 0 Å². The highest BCUT2D eigenvalue weighted by atomic mass is 35.5. The van der Waals surface area contributed by atoms with Gasteiger partial charge in [0.1, 0.15) is 11.9 Å². The molecule has 1 aromatic heterocycles. The number of ether oxygens (including phenoxy) is 1. The van der Waals surface area contributed by atoms with E-state index in [-0.39, 0.29) is 48.3 Å². The molecule has 3 heterocycles. The molecule has 1 saturated heterocycles. The second-order valence-electron chi connectivity index (χ2n) is 12.9. The largest absolute Gasteiger partial charge is 0.396 e. The molecule has 6 rings (SSSR count). The van der Waals surface area contributed by atoms with E-state index in [9.17, 15) is 25.1 Å². The number of fused-ring (bicyclic) bond motifs is 1. The minimum atomic E-state index is -1.75. The Morgan fingerprint density at radius 1 is 1.20 bits per heavy atom. The molecular formula is C35H36ClFN4O5. The van der Waals surface area contributed by atoms with Gasteiger partial charge < -0.3 is 19.8 Å². The van der Waals surface area contributed by atoms with Gasteiger partial charge in [-0.3, -0.25) is 19.5 Å². The van der Waals surface area contributed by atoms with E-state index in [0.29, 0.717) is 47.8 Å². The van der Waals surface area contributed by atoms with Crippen molar-refractivity contribution in [3.63, 3.8) is 0 Å². The van der Waals surface area contributed by atoms with Crippen molar-refractivity contribution in [3.8, 4) is 6.07 Å².